The topological polar surface area (TPSA) is 78.9 Å². The van der Waals surface area contributed by atoms with E-state index in [1.807, 2.05) is 0 Å². The Morgan fingerprint density at radius 2 is 0.534 bits per heavy atom. The molecule has 0 aromatic carbocycles. The van der Waals surface area contributed by atoms with Gasteiger partial charge in [0.05, 0.1) is 0 Å². The molecule has 0 saturated carbocycles. The molecule has 6 nitrogen and oxygen atoms in total. The molecule has 0 bridgehead atoms. The van der Waals surface area contributed by atoms with Crippen LogP contribution in [0.4, 0.5) is 0 Å². The summed E-state index contributed by atoms with van der Waals surface area (Å²) >= 11 is 0. The maximum atomic E-state index is 12.8. The first-order valence-electron chi connectivity index (χ1n) is 29.3. The minimum absolute atomic E-state index is 0.112. The van der Waals surface area contributed by atoms with Gasteiger partial charge < -0.3 is 14.2 Å². The van der Waals surface area contributed by atoms with Gasteiger partial charge in [0.1, 0.15) is 13.2 Å². The van der Waals surface area contributed by atoms with Gasteiger partial charge in [0.25, 0.3) is 0 Å². The SMILES string of the molecule is CC/C=C\C/C=C\C/C=C\C/C=C\C/C=C\C/C=C\CCCCCCCCC(=O)OCC(COC(=O)CCCCCCC/C=C\C/C=C\CCCCC)OC(=O)CCCC/C=C\C/C=C\C/C=C\C/C=C\CC. The lowest BCUT2D eigenvalue weighted by molar-refractivity contribution is -0.167. The summed E-state index contributed by atoms with van der Waals surface area (Å²) in [5, 5.41) is 0. The Morgan fingerprint density at radius 1 is 0.288 bits per heavy atom. The van der Waals surface area contributed by atoms with Crippen LogP contribution in [0.2, 0.25) is 0 Å². The van der Waals surface area contributed by atoms with Crippen LogP contribution in [0.25, 0.3) is 0 Å². The van der Waals surface area contributed by atoms with Crippen LogP contribution in [-0.4, -0.2) is 37.2 Å². The van der Waals surface area contributed by atoms with Gasteiger partial charge in [-0.1, -0.05) is 224 Å². The largest absolute Gasteiger partial charge is 0.462 e. The van der Waals surface area contributed by atoms with E-state index in [0.29, 0.717) is 19.3 Å². The van der Waals surface area contributed by atoms with Gasteiger partial charge in [0.2, 0.25) is 0 Å². The molecule has 0 radical (unpaired) electrons. The average molecular weight is 1010 g/mol. The summed E-state index contributed by atoms with van der Waals surface area (Å²) in [6.07, 6.45) is 85.5. The predicted octanol–water partition coefficient (Wildman–Crippen LogP) is 20.0. The third-order valence-corrected chi connectivity index (χ3v) is 11.8. The molecule has 73 heavy (non-hydrogen) atoms. The number of hydrogen-bond acceptors (Lipinski definition) is 6. The Hall–Kier alpha value is -4.71. The van der Waals surface area contributed by atoms with E-state index in [9.17, 15) is 14.4 Å². The molecule has 0 aromatic heterocycles. The van der Waals surface area contributed by atoms with Crippen LogP contribution in [0.5, 0.6) is 0 Å². The Balaban J connectivity index is 4.47. The summed E-state index contributed by atoms with van der Waals surface area (Å²) in [6, 6.07) is 0. The molecule has 410 valence electrons. The van der Waals surface area contributed by atoms with Crippen molar-refractivity contribution in [2.75, 3.05) is 13.2 Å². The second kappa shape index (κ2) is 59.8. The zero-order valence-electron chi connectivity index (χ0n) is 46.8. The third-order valence-electron chi connectivity index (χ3n) is 11.8. The van der Waals surface area contributed by atoms with Gasteiger partial charge in [0.15, 0.2) is 6.10 Å². The maximum Gasteiger partial charge on any atom is 0.306 e. The first kappa shape index (κ1) is 68.3. The highest BCUT2D eigenvalue weighted by molar-refractivity contribution is 5.71. The molecular weight excluding hydrogens is 901 g/mol. The molecule has 0 aliphatic heterocycles. The summed E-state index contributed by atoms with van der Waals surface area (Å²) in [5.74, 6) is -0.988. The molecule has 0 amide bonds. The minimum atomic E-state index is -0.819. The molecule has 0 N–H and O–H groups in total. The quantitative estimate of drug-likeness (QED) is 0.0261. The van der Waals surface area contributed by atoms with E-state index in [-0.39, 0.29) is 37.5 Å². The van der Waals surface area contributed by atoms with E-state index < -0.39 is 6.10 Å². The van der Waals surface area contributed by atoms with Gasteiger partial charge in [0, 0.05) is 19.3 Å². The highest BCUT2D eigenvalue weighted by Gasteiger charge is 2.19. The Morgan fingerprint density at radius 3 is 0.863 bits per heavy atom. The monoisotopic (exact) mass is 1010 g/mol. The number of unbranched alkanes of at least 4 members (excludes halogenated alkanes) is 16. The van der Waals surface area contributed by atoms with Crippen molar-refractivity contribution in [3.63, 3.8) is 0 Å². The van der Waals surface area contributed by atoms with E-state index in [2.05, 4.69) is 167 Å². The zero-order chi connectivity index (χ0) is 52.9. The lowest BCUT2D eigenvalue weighted by Crippen LogP contribution is -2.30. The Labute approximate surface area is 448 Å². The lowest BCUT2D eigenvalue weighted by atomic mass is 10.1. The lowest BCUT2D eigenvalue weighted by Gasteiger charge is -2.18. The molecule has 0 aliphatic rings. The van der Waals surface area contributed by atoms with Gasteiger partial charge >= 0.3 is 17.9 Å². The Bertz CT molecular complexity index is 1630. The molecule has 0 rings (SSSR count). The molecule has 1 unspecified atom stereocenters. The molecule has 0 aliphatic carbocycles. The van der Waals surface area contributed by atoms with Crippen molar-refractivity contribution in [3.8, 4) is 0 Å². The van der Waals surface area contributed by atoms with E-state index >= 15 is 0 Å². The smallest absolute Gasteiger partial charge is 0.306 e. The zero-order valence-corrected chi connectivity index (χ0v) is 46.8. The maximum absolute atomic E-state index is 12.8. The first-order chi connectivity index (χ1) is 36.0. The summed E-state index contributed by atoms with van der Waals surface area (Å²) in [6.45, 7) is 6.31. The molecule has 0 saturated heterocycles. The molecule has 0 fully saturated rings. The second-order valence-electron chi connectivity index (χ2n) is 18.8. The van der Waals surface area contributed by atoms with Crippen LogP contribution >= 0.6 is 0 Å². The predicted molar refractivity (Wildman–Crippen MR) is 315 cm³/mol. The van der Waals surface area contributed by atoms with Crippen molar-refractivity contribution >= 4 is 17.9 Å². The van der Waals surface area contributed by atoms with Crippen molar-refractivity contribution in [1.82, 2.24) is 0 Å². The molecule has 0 spiro atoms. The van der Waals surface area contributed by atoms with Gasteiger partial charge in [-0.15, -0.1) is 0 Å². The average Bonchev–Trinajstić information content (AvgIpc) is 3.39. The van der Waals surface area contributed by atoms with Crippen LogP contribution in [0.15, 0.2) is 146 Å². The van der Waals surface area contributed by atoms with Crippen molar-refractivity contribution in [3.05, 3.63) is 146 Å². The van der Waals surface area contributed by atoms with Crippen LogP contribution < -0.4 is 0 Å². The van der Waals surface area contributed by atoms with E-state index in [0.717, 1.165) is 154 Å². The number of rotatable bonds is 51. The second-order valence-corrected chi connectivity index (χ2v) is 18.8. The number of esters is 3. The van der Waals surface area contributed by atoms with Crippen LogP contribution in [0.1, 0.15) is 239 Å². The first-order valence-corrected chi connectivity index (χ1v) is 29.3. The van der Waals surface area contributed by atoms with Crippen LogP contribution in [0, 0.1) is 0 Å². The fourth-order valence-corrected chi connectivity index (χ4v) is 7.47. The fraction of sp³-hybridized carbons (Fsp3) is 0.597. The standard InChI is InChI=1S/C67H106O6/c1-4-7-10-13-16-19-22-25-28-29-30-31-32-33-34-35-36-37-40-42-45-48-51-54-57-60-66(69)72-63-64(73-67(70)61-58-55-52-49-46-43-39-27-24-21-18-15-12-9-6-3)62-71-65(68)59-56-53-50-47-44-41-38-26-23-20-17-14-11-8-5-2/h7,9-10,12,16-21,25-28,30-31,33-34,36-39,46,49,64H,4-6,8,11,13-15,22-24,29,32,35,40-45,47-48,50-63H2,1-3H3/b10-7-,12-9-,19-16-,20-17-,21-18-,28-25-,31-30-,34-33-,37-36-,38-26-,39-27-,49-46-. The third kappa shape index (κ3) is 58.1. The van der Waals surface area contributed by atoms with E-state index in [4.69, 9.17) is 14.2 Å². The summed E-state index contributed by atoms with van der Waals surface area (Å²) in [5.41, 5.74) is 0. The number of hydrogen-bond donors (Lipinski definition) is 0. The number of allylic oxidation sites excluding steroid dienone is 24. The van der Waals surface area contributed by atoms with Crippen molar-refractivity contribution in [2.24, 2.45) is 0 Å². The van der Waals surface area contributed by atoms with E-state index in [1.165, 1.54) is 38.5 Å². The van der Waals surface area contributed by atoms with Crippen LogP contribution in [-0.2, 0) is 28.6 Å². The van der Waals surface area contributed by atoms with E-state index in [1.54, 1.807) is 0 Å². The van der Waals surface area contributed by atoms with Crippen molar-refractivity contribution < 1.29 is 28.6 Å². The molecule has 6 heteroatoms. The normalized spacial score (nSPS) is 13.2. The summed E-state index contributed by atoms with van der Waals surface area (Å²) < 4.78 is 16.8. The summed E-state index contributed by atoms with van der Waals surface area (Å²) in [4.78, 5) is 38.2. The minimum Gasteiger partial charge on any atom is -0.462 e. The number of ether oxygens (including phenoxy) is 3. The molecule has 0 aromatic rings. The van der Waals surface area contributed by atoms with Crippen molar-refractivity contribution in [1.29, 1.82) is 0 Å². The highest BCUT2D eigenvalue weighted by atomic mass is 16.6. The number of carbonyl (C=O) groups excluding carboxylic acids is 3. The molecular formula is C67H106O6. The van der Waals surface area contributed by atoms with Gasteiger partial charge in [-0.3, -0.25) is 14.4 Å². The fourth-order valence-electron chi connectivity index (χ4n) is 7.47. The van der Waals surface area contributed by atoms with Crippen molar-refractivity contribution in [2.45, 2.75) is 245 Å². The Kier molecular flexibility index (Phi) is 56.0. The molecule has 0 heterocycles. The summed E-state index contributed by atoms with van der Waals surface area (Å²) in [7, 11) is 0. The van der Waals surface area contributed by atoms with Gasteiger partial charge in [-0.25, -0.2) is 0 Å². The highest BCUT2D eigenvalue weighted by Crippen LogP contribution is 2.13. The van der Waals surface area contributed by atoms with Gasteiger partial charge in [-0.2, -0.15) is 0 Å². The number of carbonyl (C=O) groups is 3. The molecule has 1 atom stereocenters. The van der Waals surface area contributed by atoms with Gasteiger partial charge in [-0.05, 0) is 141 Å². The van der Waals surface area contributed by atoms with Crippen LogP contribution in [0.3, 0.4) is 0 Å².